The summed E-state index contributed by atoms with van der Waals surface area (Å²) >= 11 is 3.90. The summed E-state index contributed by atoms with van der Waals surface area (Å²) in [6.07, 6.45) is 5.72. The van der Waals surface area contributed by atoms with Gasteiger partial charge in [0, 0.05) is 49.7 Å². The van der Waals surface area contributed by atoms with Crippen molar-refractivity contribution in [2.75, 3.05) is 10.2 Å². The molecule has 0 amide bonds. The van der Waals surface area contributed by atoms with Gasteiger partial charge < -0.3 is 10.2 Å². The Morgan fingerprint density at radius 1 is 0.630 bits per heavy atom. The first-order chi connectivity index (χ1) is 22.4. The van der Waals surface area contributed by atoms with Gasteiger partial charge in [-0.05, 0) is 85.8 Å². The van der Waals surface area contributed by atoms with Gasteiger partial charge in [0.1, 0.15) is 0 Å². The summed E-state index contributed by atoms with van der Waals surface area (Å²) in [5, 5.41) is 5.36. The van der Waals surface area contributed by atoms with Gasteiger partial charge in [0.15, 0.2) is 0 Å². The average Bonchev–Trinajstić information content (AvgIpc) is 3.59. The normalized spacial score (nSPS) is 15.7. The van der Waals surface area contributed by atoms with Gasteiger partial charge >= 0.3 is 0 Å². The molecule has 0 saturated carbocycles. The molecule has 1 aliphatic carbocycles. The Kier molecular flexibility index (Phi) is 7.08. The number of hydrogen-bond donors (Lipinski definition) is 1. The number of nitrogens with one attached hydrogen (secondary N) is 1. The molecule has 226 valence electrons. The molecule has 2 nitrogen and oxygen atoms in total. The van der Waals surface area contributed by atoms with Crippen LogP contribution < -0.4 is 10.2 Å². The number of thiophene rings is 2. The highest BCUT2D eigenvalue weighted by Gasteiger charge is 2.36. The van der Waals surface area contributed by atoms with Crippen LogP contribution in [0.5, 0.6) is 0 Å². The molecule has 46 heavy (non-hydrogen) atoms. The Hall–Kier alpha value is -4.64. The second-order valence-electron chi connectivity index (χ2n) is 12.5. The molecule has 1 aliphatic rings. The predicted octanol–water partition coefficient (Wildman–Crippen LogP) is 12.4. The van der Waals surface area contributed by atoms with Crippen LogP contribution in [0.15, 0.2) is 121 Å². The fourth-order valence-electron chi connectivity index (χ4n) is 7.02. The van der Waals surface area contributed by atoms with Crippen LogP contribution in [-0.4, -0.2) is 0 Å². The molecule has 0 spiro atoms. The molecule has 1 N–H and O–H groups in total. The quantitative estimate of drug-likeness (QED) is 0.196. The smallest absolute Gasteiger partial charge is 0.0864 e. The number of rotatable bonds is 6. The van der Waals surface area contributed by atoms with E-state index in [0.717, 1.165) is 6.42 Å². The minimum Gasteiger partial charge on any atom is -0.372 e. The monoisotopic (exact) mass is 632 g/mol. The van der Waals surface area contributed by atoms with Crippen molar-refractivity contribution < 1.29 is 0 Å². The maximum atomic E-state index is 4.01. The maximum absolute atomic E-state index is 4.01. The van der Waals surface area contributed by atoms with Gasteiger partial charge in [-0.25, -0.2) is 0 Å². The van der Waals surface area contributed by atoms with E-state index in [-0.39, 0.29) is 5.54 Å². The first-order valence-electron chi connectivity index (χ1n) is 15.9. The zero-order valence-electron chi connectivity index (χ0n) is 26.6. The van der Waals surface area contributed by atoms with E-state index in [0.29, 0.717) is 0 Å². The van der Waals surface area contributed by atoms with E-state index in [2.05, 4.69) is 165 Å². The Labute approximate surface area is 279 Å². The summed E-state index contributed by atoms with van der Waals surface area (Å²) in [5.41, 5.74) is 12.3. The number of nitrogens with zero attached hydrogens (tertiary/aromatic N) is 1. The summed E-state index contributed by atoms with van der Waals surface area (Å²) < 4.78 is 4.13. The topological polar surface area (TPSA) is 15.3 Å². The lowest BCUT2D eigenvalue weighted by molar-refractivity contribution is 0.607. The van der Waals surface area contributed by atoms with E-state index in [9.17, 15) is 0 Å². The Morgan fingerprint density at radius 2 is 1.26 bits per heavy atom. The third-order valence-corrected chi connectivity index (χ3v) is 12.0. The van der Waals surface area contributed by atoms with E-state index in [1.807, 2.05) is 22.7 Å². The summed E-state index contributed by atoms with van der Waals surface area (Å²) in [7, 11) is 0. The molecular formula is C42H36N2S2. The fraction of sp³-hybridized carbons (Fsp3) is 0.143. The number of benzene rings is 5. The molecule has 1 atom stereocenters. The van der Waals surface area contributed by atoms with Crippen molar-refractivity contribution >= 4 is 71.0 Å². The largest absolute Gasteiger partial charge is 0.372 e. The Bertz CT molecular complexity index is 2240. The van der Waals surface area contributed by atoms with Gasteiger partial charge in [-0.3, -0.25) is 0 Å². The van der Waals surface area contributed by atoms with E-state index in [4.69, 9.17) is 0 Å². The first kappa shape index (κ1) is 28.8. The molecule has 8 rings (SSSR count). The standard InChI is InChI=1S/C42H36N2S2/c1-27-13-5-9-17-34(27)42(43-35-18-10-6-14-28(35)2)24-23-33-39(26-42)46-40-32-22-21-31(25-38(32)45-41(33)40)44(36-19-11-7-15-29(36)3)37-20-12-8-16-30(37)4/h5-25,43H,26H2,1-4H3. The summed E-state index contributed by atoms with van der Waals surface area (Å²) in [5.74, 6) is 0. The molecule has 4 heteroatoms. The molecular weight excluding hydrogens is 597 g/mol. The molecule has 1 unspecified atom stereocenters. The van der Waals surface area contributed by atoms with Crippen LogP contribution in [0, 0.1) is 27.7 Å². The summed E-state index contributed by atoms with van der Waals surface area (Å²) in [6.45, 7) is 8.82. The number of anilines is 4. The maximum Gasteiger partial charge on any atom is 0.0864 e. The van der Waals surface area contributed by atoms with Crippen LogP contribution in [0.1, 0.15) is 38.3 Å². The molecule has 0 aliphatic heterocycles. The lowest BCUT2D eigenvalue weighted by Crippen LogP contribution is -2.38. The zero-order valence-corrected chi connectivity index (χ0v) is 28.2. The number of fused-ring (bicyclic) bond motifs is 5. The van der Waals surface area contributed by atoms with Crippen LogP contribution in [0.25, 0.3) is 25.6 Å². The highest BCUT2D eigenvalue weighted by atomic mass is 32.1. The van der Waals surface area contributed by atoms with Crippen LogP contribution >= 0.6 is 22.7 Å². The van der Waals surface area contributed by atoms with Crippen molar-refractivity contribution in [1.29, 1.82) is 0 Å². The predicted molar refractivity (Wildman–Crippen MR) is 202 cm³/mol. The molecule has 2 heterocycles. The first-order valence-corrected chi connectivity index (χ1v) is 17.5. The van der Waals surface area contributed by atoms with Gasteiger partial charge in [-0.1, -0.05) is 97.1 Å². The van der Waals surface area contributed by atoms with Gasteiger partial charge in [0.05, 0.1) is 14.9 Å². The minimum absolute atomic E-state index is 0.317. The van der Waals surface area contributed by atoms with E-state index >= 15 is 0 Å². The molecule has 0 radical (unpaired) electrons. The molecule has 5 aromatic carbocycles. The highest BCUT2D eigenvalue weighted by molar-refractivity contribution is 7.33. The van der Waals surface area contributed by atoms with Crippen LogP contribution in [0.3, 0.4) is 0 Å². The highest BCUT2D eigenvalue weighted by Crippen LogP contribution is 2.50. The summed E-state index contributed by atoms with van der Waals surface area (Å²) in [4.78, 5) is 3.86. The lowest BCUT2D eigenvalue weighted by atomic mass is 9.79. The second-order valence-corrected chi connectivity index (χ2v) is 14.7. The van der Waals surface area contributed by atoms with Crippen LogP contribution in [0.2, 0.25) is 0 Å². The van der Waals surface area contributed by atoms with Crippen molar-refractivity contribution in [2.45, 2.75) is 39.7 Å². The minimum atomic E-state index is -0.317. The van der Waals surface area contributed by atoms with Crippen LogP contribution in [-0.2, 0) is 12.0 Å². The third-order valence-electron chi connectivity index (χ3n) is 9.47. The second kappa shape index (κ2) is 11.3. The number of aryl methyl sites for hydroxylation is 4. The third kappa shape index (κ3) is 4.76. The molecule has 2 aromatic heterocycles. The van der Waals surface area contributed by atoms with Crippen molar-refractivity contribution in [3.63, 3.8) is 0 Å². The van der Waals surface area contributed by atoms with Crippen molar-refractivity contribution in [1.82, 2.24) is 0 Å². The van der Waals surface area contributed by atoms with Crippen LogP contribution in [0.4, 0.5) is 22.7 Å². The number of hydrogen-bond acceptors (Lipinski definition) is 4. The fourth-order valence-corrected chi connectivity index (χ4v) is 9.90. The van der Waals surface area contributed by atoms with Gasteiger partial charge in [-0.2, -0.15) is 0 Å². The molecule has 0 bridgehead atoms. The van der Waals surface area contributed by atoms with Gasteiger partial charge in [-0.15, -0.1) is 22.7 Å². The Morgan fingerprint density at radius 3 is 1.93 bits per heavy atom. The van der Waals surface area contributed by atoms with Crippen molar-refractivity contribution in [2.24, 2.45) is 0 Å². The van der Waals surface area contributed by atoms with E-state index in [1.165, 1.54) is 80.5 Å². The van der Waals surface area contributed by atoms with Gasteiger partial charge in [0.2, 0.25) is 0 Å². The van der Waals surface area contributed by atoms with Crippen molar-refractivity contribution in [3.05, 3.63) is 160 Å². The van der Waals surface area contributed by atoms with E-state index in [1.54, 1.807) is 0 Å². The summed E-state index contributed by atoms with van der Waals surface area (Å²) in [6, 6.07) is 41.9. The zero-order chi connectivity index (χ0) is 31.4. The number of para-hydroxylation sites is 3. The molecule has 0 saturated heterocycles. The lowest BCUT2D eigenvalue weighted by Gasteiger charge is -2.37. The van der Waals surface area contributed by atoms with Crippen molar-refractivity contribution in [3.8, 4) is 0 Å². The molecule has 7 aromatic rings. The van der Waals surface area contributed by atoms with E-state index < -0.39 is 0 Å². The average molecular weight is 633 g/mol. The SMILES string of the molecule is Cc1ccccc1NC1(c2ccccc2C)C=Cc2c(sc3c2sc2cc(N(c4ccccc4C)c4ccccc4C)ccc23)C1. The van der Waals surface area contributed by atoms with Gasteiger partial charge in [0.25, 0.3) is 0 Å². The molecule has 0 fully saturated rings. The Balaban J connectivity index is 1.24.